The first-order valence-electron chi connectivity index (χ1n) is 8.62. The van der Waals surface area contributed by atoms with Crippen LogP contribution in [0.15, 0.2) is 23.8 Å². The van der Waals surface area contributed by atoms with Crippen molar-refractivity contribution in [3.8, 4) is 11.5 Å². The lowest BCUT2D eigenvalue weighted by molar-refractivity contribution is 0.00753. The van der Waals surface area contributed by atoms with E-state index < -0.39 is 0 Å². The molecule has 0 bridgehead atoms. The van der Waals surface area contributed by atoms with Gasteiger partial charge in [-0.3, -0.25) is 0 Å². The van der Waals surface area contributed by atoms with Crippen molar-refractivity contribution in [3.63, 3.8) is 0 Å². The van der Waals surface area contributed by atoms with E-state index in [0.717, 1.165) is 37.0 Å². The molecule has 0 aromatic heterocycles. The van der Waals surface area contributed by atoms with Crippen molar-refractivity contribution in [1.82, 2.24) is 0 Å². The fourth-order valence-electron chi connectivity index (χ4n) is 4.15. The number of hydrogen-bond donors (Lipinski definition) is 1. The van der Waals surface area contributed by atoms with E-state index in [4.69, 9.17) is 4.74 Å². The first-order chi connectivity index (χ1) is 10.4. The molecule has 1 aliphatic carbocycles. The summed E-state index contributed by atoms with van der Waals surface area (Å²) >= 11 is 0. The van der Waals surface area contributed by atoms with Crippen LogP contribution in [-0.4, -0.2) is 10.7 Å². The standard InChI is InChI=1S/C20H28O2/c1-5-6-7-14-11-17(21)19-15-10-13(2)8-9-16(15)20(3,4)22-18(19)12-14/h8,11-12,15-16,21H,5-7,9-10H2,1-4H3/t15?,16-/m1/s1. The summed E-state index contributed by atoms with van der Waals surface area (Å²) in [6.07, 6.45) is 7.73. The molecule has 2 nitrogen and oxygen atoms in total. The van der Waals surface area contributed by atoms with E-state index in [1.54, 1.807) is 0 Å². The molecule has 0 fully saturated rings. The van der Waals surface area contributed by atoms with E-state index in [9.17, 15) is 5.11 Å². The minimum atomic E-state index is -0.176. The normalized spacial score (nSPS) is 25.7. The van der Waals surface area contributed by atoms with Gasteiger partial charge in [0.05, 0.1) is 0 Å². The van der Waals surface area contributed by atoms with Crippen molar-refractivity contribution in [3.05, 3.63) is 34.9 Å². The molecule has 1 aliphatic heterocycles. The first kappa shape index (κ1) is 15.5. The van der Waals surface area contributed by atoms with Crippen molar-refractivity contribution < 1.29 is 9.84 Å². The molecule has 120 valence electrons. The zero-order valence-corrected chi connectivity index (χ0v) is 14.3. The van der Waals surface area contributed by atoms with Crippen LogP contribution in [0.1, 0.15) is 70.4 Å². The van der Waals surface area contributed by atoms with Crippen LogP contribution in [0.3, 0.4) is 0 Å². The number of phenols is 1. The van der Waals surface area contributed by atoms with Crippen LogP contribution in [0.4, 0.5) is 0 Å². The van der Waals surface area contributed by atoms with Crippen molar-refractivity contribution >= 4 is 0 Å². The quantitative estimate of drug-likeness (QED) is 0.763. The molecule has 0 saturated heterocycles. The molecule has 1 heterocycles. The smallest absolute Gasteiger partial charge is 0.127 e. The van der Waals surface area contributed by atoms with E-state index in [1.165, 1.54) is 17.6 Å². The largest absolute Gasteiger partial charge is 0.508 e. The van der Waals surface area contributed by atoms with E-state index in [0.29, 0.717) is 17.6 Å². The highest BCUT2D eigenvalue weighted by Crippen LogP contribution is 2.54. The number of hydrogen-bond acceptors (Lipinski definition) is 2. The highest BCUT2D eigenvalue weighted by atomic mass is 16.5. The number of ether oxygens (including phenoxy) is 1. The highest BCUT2D eigenvalue weighted by Gasteiger charge is 2.45. The van der Waals surface area contributed by atoms with Crippen LogP contribution in [0.2, 0.25) is 0 Å². The number of unbranched alkanes of at least 4 members (excludes halogenated alkanes) is 1. The van der Waals surface area contributed by atoms with Crippen molar-refractivity contribution in [2.45, 2.75) is 71.3 Å². The van der Waals surface area contributed by atoms with Crippen LogP contribution in [0.25, 0.3) is 0 Å². The predicted molar refractivity (Wildman–Crippen MR) is 90.6 cm³/mol. The fourth-order valence-corrected chi connectivity index (χ4v) is 4.15. The van der Waals surface area contributed by atoms with Gasteiger partial charge in [-0.2, -0.15) is 0 Å². The van der Waals surface area contributed by atoms with Gasteiger partial charge in [0, 0.05) is 17.4 Å². The number of benzene rings is 1. The van der Waals surface area contributed by atoms with Gasteiger partial charge < -0.3 is 9.84 Å². The van der Waals surface area contributed by atoms with Crippen LogP contribution < -0.4 is 4.74 Å². The Kier molecular flexibility index (Phi) is 3.96. The highest BCUT2D eigenvalue weighted by molar-refractivity contribution is 5.52. The molecule has 2 aliphatic rings. The summed E-state index contributed by atoms with van der Waals surface area (Å²) in [6, 6.07) is 4.12. The molecule has 0 radical (unpaired) electrons. The summed E-state index contributed by atoms with van der Waals surface area (Å²) < 4.78 is 6.34. The van der Waals surface area contributed by atoms with Gasteiger partial charge in [0.25, 0.3) is 0 Å². The number of aryl methyl sites for hydroxylation is 1. The zero-order valence-electron chi connectivity index (χ0n) is 14.3. The number of phenolic OH excluding ortho intramolecular Hbond substituents is 1. The molecular formula is C20H28O2. The maximum absolute atomic E-state index is 10.6. The van der Waals surface area contributed by atoms with Crippen molar-refractivity contribution in [2.75, 3.05) is 0 Å². The number of rotatable bonds is 3. The Morgan fingerprint density at radius 3 is 2.82 bits per heavy atom. The van der Waals surface area contributed by atoms with Gasteiger partial charge >= 0.3 is 0 Å². The molecule has 0 spiro atoms. The minimum absolute atomic E-state index is 0.176. The first-order valence-corrected chi connectivity index (χ1v) is 8.62. The van der Waals surface area contributed by atoms with Gasteiger partial charge in [-0.25, -0.2) is 0 Å². The van der Waals surface area contributed by atoms with Crippen LogP contribution in [0, 0.1) is 5.92 Å². The Bertz CT molecular complexity index is 598. The third-order valence-electron chi connectivity index (χ3n) is 5.38. The number of aromatic hydroxyl groups is 1. The fraction of sp³-hybridized carbons (Fsp3) is 0.600. The molecule has 22 heavy (non-hydrogen) atoms. The zero-order chi connectivity index (χ0) is 15.9. The number of fused-ring (bicyclic) bond motifs is 3. The van der Waals surface area contributed by atoms with Gasteiger partial charge in [0.15, 0.2) is 0 Å². The lowest BCUT2D eigenvalue weighted by Crippen LogP contribution is -2.45. The molecule has 1 N–H and O–H groups in total. The van der Waals surface area contributed by atoms with Crippen LogP contribution in [0.5, 0.6) is 11.5 Å². The second-order valence-corrected chi connectivity index (χ2v) is 7.54. The molecule has 0 saturated carbocycles. The summed E-state index contributed by atoms with van der Waals surface area (Å²) in [6.45, 7) is 8.78. The van der Waals surface area contributed by atoms with Crippen molar-refractivity contribution in [2.24, 2.45) is 5.92 Å². The van der Waals surface area contributed by atoms with Crippen molar-refractivity contribution in [1.29, 1.82) is 0 Å². The van der Waals surface area contributed by atoms with E-state index in [1.807, 2.05) is 6.07 Å². The summed E-state index contributed by atoms with van der Waals surface area (Å²) in [7, 11) is 0. The summed E-state index contributed by atoms with van der Waals surface area (Å²) in [4.78, 5) is 0. The SMILES string of the molecule is CCCCc1cc(O)c2c(c1)OC(C)(C)[C@@H]1CC=C(C)CC21. The minimum Gasteiger partial charge on any atom is -0.508 e. The van der Waals surface area contributed by atoms with Crippen LogP contribution in [-0.2, 0) is 6.42 Å². The average Bonchev–Trinajstić information content (AvgIpc) is 2.43. The number of allylic oxidation sites excluding steroid dienone is 2. The van der Waals surface area contributed by atoms with E-state index >= 15 is 0 Å². The molecular weight excluding hydrogens is 272 g/mol. The molecule has 2 heteroatoms. The monoisotopic (exact) mass is 300 g/mol. The Hall–Kier alpha value is -1.44. The molecule has 3 rings (SSSR count). The lowest BCUT2D eigenvalue weighted by Gasteiger charge is -2.47. The van der Waals surface area contributed by atoms with E-state index in [-0.39, 0.29) is 5.60 Å². The Labute approximate surface area is 134 Å². The molecule has 0 amide bonds. The van der Waals surface area contributed by atoms with Gasteiger partial charge in [-0.15, -0.1) is 0 Å². The summed E-state index contributed by atoms with van der Waals surface area (Å²) in [5, 5.41) is 10.6. The molecule has 1 aromatic rings. The van der Waals surface area contributed by atoms with Gasteiger partial charge in [-0.1, -0.05) is 25.0 Å². The third-order valence-corrected chi connectivity index (χ3v) is 5.38. The van der Waals surface area contributed by atoms with Gasteiger partial charge in [0.2, 0.25) is 0 Å². The molecule has 2 atom stereocenters. The second kappa shape index (κ2) is 5.64. The second-order valence-electron chi connectivity index (χ2n) is 7.54. The Morgan fingerprint density at radius 1 is 1.32 bits per heavy atom. The maximum Gasteiger partial charge on any atom is 0.127 e. The maximum atomic E-state index is 10.6. The Morgan fingerprint density at radius 2 is 2.09 bits per heavy atom. The summed E-state index contributed by atoms with van der Waals surface area (Å²) in [5.41, 5.74) is 3.48. The van der Waals surface area contributed by atoms with Gasteiger partial charge in [0.1, 0.15) is 17.1 Å². The molecule has 1 aromatic carbocycles. The summed E-state index contributed by atoms with van der Waals surface area (Å²) in [5.74, 6) is 2.16. The average molecular weight is 300 g/mol. The Balaban J connectivity index is 2.04. The topological polar surface area (TPSA) is 29.5 Å². The van der Waals surface area contributed by atoms with Gasteiger partial charge in [-0.05, 0) is 64.2 Å². The predicted octanol–water partition coefficient (Wildman–Crippen LogP) is 5.35. The lowest BCUT2D eigenvalue weighted by atomic mass is 9.67. The molecule has 1 unspecified atom stereocenters. The van der Waals surface area contributed by atoms with E-state index in [2.05, 4.69) is 39.8 Å². The third kappa shape index (κ3) is 2.64. The van der Waals surface area contributed by atoms with Crippen LogP contribution >= 0.6 is 0 Å².